The van der Waals surface area contributed by atoms with Gasteiger partial charge in [-0.25, -0.2) is 9.82 Å². The highest BCUT2D eigenvalue weighted by Gasteiger charge is 2.38. The maximum atomic E-state index is 14.2. The van der Waals surface area contributed by atoms with Crippen molar-refractivity contribution < 1.29 is 22.7 Å². The fourth-order valence-electron chi connectivity index (χ4n) is 2.67. The molecule has 0 amide bonds. The summed E-state index contributed by atoms with van der Waals surface area (Å²) in [5.41, 5.74) is 9.54. The molecule has 0 bridgehead atoms. The van der Waals surface area contributed by atoms with E-state index in [1.807, 2.05) is 0 Å². The first-order valence-corrected chi connectivity index (χ1v) is 7.16. The van der Waals surface area contributed by atoms with Crippen LogP contribution in [0.4, 0.5) is 17.6 Å². The van der Waals surface area contributed by atoms with Gasteiger partial charge in [-0.05, 0) is 24.1 Å². The lowest BCUT2D eigenvalue weighted by molar-refractivity contribution is -0.131. The van der Waals surface area contributed by atoms with E-state index in [4.69, 9.17) is 10.8 Å². The Morgan fingerprint density at radius 2 is 2.04 bits per heavy atom. The number of hydrogen-bond donors (Lipinski definition) is 3. The van der Waals surface area contributed by atoms with Crippen molar-refractivity contribution in [2.24, 2.45) is 5.73 Å². The molecule has 128 valence electrons. The Bertz CT molecular complexity index is 601. The zero-order valence-corrected chi connectivity index (χ0v) is 12.6. The number of nitrogens with zero attached hydrogens (tertiary/aromatic N) is 1. The lowest BCUT2D eigenvalue weighted by Crippen LogP contribution is -2.37. The summed E-state index contributed by atoms with van der Waals surface area (Å²) in [4.78, 5) is 0. The molecule has 1 aromatic carbocycles. The van der Waals surface area contributed by atoms with E-state index in [9.17, 15) is 17.6 Å². The molecule has 0 spiro atoms. The molecule has 4 nitrogen and oxygen atoms in total. The minimum absolute atomic E-state index is 0.0121. The highest BCUT2D eigenvalue weighted by Crippen LogP contribution is 2.38. The third kappa shape index (κ3) is 4.01. The van der Waals surface area contributed by atoms with E-state index in [1.165, 1.54) is 24.1 Å². The molecule has 1 atom stereocenters. The Labute approximate surface area is 131 Å². The van der Waals surface area contributed by atoms with Crippen LogP contribution in [0.25, 0.3) is 0 Å². The van der Waals surface area contributed by atoms with Crippen molar-refractivity contribution in [3.63, 3.8) is 0 Å². The van der Waals surface area contributed by atoms with Gasteiger partial charge in [-0.1, -0.05) is 12.1 Å². The topological polar surface area (TPSA) is 61.5 Å². The van der Waals surface area contributed by atoms with Crippen LogP contribution in [-0.4, -0.2) is 29.4 Å². The van der Waals surface area contributed by atoms with Crippen molar-refractivity contribution >= 4 is 0 Å². The van der Waals surface area contributed by atoms with E-state index in [0.29, 0.717) is 11.1 Å². The number of aliphatic hydroxyl groups is 1. The van der Waals surface area contributed by atoms with Gasteiger partial charge in [0.1, 0.15) is 5.82 Å². The molecule has 1 unspecified atom stereocenters. The van der Waals surface area contributed by atoms with Gasteiger partial charge >= 0.3 is 6.18 Å². The van der Waals surface area contributed by atoms with Crippen LogP contribution in [0.2, 0.25) is 0 Å². The number of nitrogens with one attached hydrogen (secondary N) is 1. The van der Waals surface area contributed by atoms with Crippen molar-refractivity contribution in [1.82, 2.24) is 10.4 Å². The third-order valence-corrected chi connectivity index (χ3v) is 3.80. The summed E-state index contributed by atoms with van der Waals surface area (Å²) in [6.07, 6.45) is -5.52. The SMILES string of the molecule is CC1=C(CC(F)(F)F)N(CCO)NC1c1ccc(CN)cc1F. The predicted octanol–water partition coefficient (Wildman–Crippen LogP) is 2.36. The Hall–Kier alpha value is -1.64. The van der Waals surface area contributed by atoms with E-state index >= 15 is 0 Å². The first-order chi connectivity index (χ1) is 10.8. The van der Waals surface area contributed by atoms with Crippen LogP contribution in [0, 0.1) is 5.82 Å². The Kier molecular flexibility index (Phi) is 5.28. The van der Waals surface area contributed by atoms with Crippen LogP contribution < -0.4 is 11.2 Å². The summed E-state index contributed by atoms with van der Waals surface area (Å²) in [6, 6.07) is 3.74. The minimum Gasteiger partial charge on any atom is -0.394 e. The molecule has 2 rings (SSSR count). The second-order valence-corrected chi connectivity index (χ2v) is 5.42. The van der Waals surface area contributed by atoms with Gasteiger partial charge in [0.15, 0.2) is 0 Å². The molecule has 0 saturated carbocycles. The number of aliphatic hydroxyl groups excluding tert-OH is 1. The summed E-state index contributed by atoms with van der Waals surface area (Å²) in [6.45, 7) is 1.39. The van der Waals surface area contributed by atoms with E-state index < -0.39 is 24.5 Å². The lowest BCUT2D eigenvalue weighted by atomic mass is 9.97. The molecule has 23 heavy (non-hydrogen) atoms. The predicted molar refractivity (Wildman–Crippen MR) is 77.3 cm³/mol. The number of β-amino-alcohol motifs (C(OH)–C–C–N with tert-alkyl or cyclic N) is 1. The number of rotatable bonds is 5. The third-order valence-electron chi connectivity index (χ3n) is 3.80. The molecule has 1 aliphatic rings. The van der Waals surface area contributed by atoms with E-state index in [-0.39, 0.29) is 31.0 Å². The van der Waals surface area contributed by atoms with Gasteiger partial charge in [0.25, 0.3) is 0 Å². The van der Waals surface area contributed by atoms with Gasteiger partial charge in [0, 0.05) is 17.8 Å². The summed E-state index contributed by atoms with van der Waals surface area (Å²) in [7, 11) is 0. The molecule has 1 aromatic rings. The zero-order chi connectivity index (χ0) is 17.2. The first-order valence-electron chi connectivity index (χ1n) is 7.16. The number of nitrogens with two attached hydrogens (primary N) is 1. The maximum absolute atomic E-state index is 14.2. The summed E-state index contributed by atoms with van der Waals surface area (Å²) in [5.74, 6) is -0.526. The fraction of sp³-hybridized carbons (Fsp3) is 0.467. The van der Waals surface area contributed by atoms with E-state index in [1.54, 1.807) is 6.07 Å². The Balaban J connectivity index is 2.36. The summed E-state index contributed by atoms with van der Waals surface area (Å²) in [5, 5.41) is 10.3. The largest absolute Gasteiger partial charge is 0.394 e. The van der Waals surface area contributed by atoms with Gasteiger partial charge in [-0.3, -0.25) is 0 Å². The quantitative estimate of drug-likeness (QED) is 0.724. The number of hydrazine groups is 1. The molecule has 0 aliphatic carbocycles. The average Bonchev–Trinajstić information content (AvgIpc) is 2.75. The molecule has 8 heteroatoms. The van der Waals surface area contributed by atoms with Crippen LogP contribution in [-0.2, 0) is 6.54 Å². The average molecular weight is 333 g/mol. The standard InChI is InChI=1S/C15H19F4N3O/c1-9-13(7-15(17,18)19)22(4-5-23)21-14(9)11-3-2-10(8-20)6-12(11)16/h2-3,6,14,21,23H,4-5,7-8,20H2,1H3. The number of halogens is 4. The smallest absolute Gasteiger partial charge is 0.394 e. The molecule has 1 aliphatic heterocycles. The number of alkyl halides is 3. The van der Waals surface area contributed by atoms with Crippen LogP contribution >= 0.6 is 0 Å². The highest BCUT2D eigenvalue weighted by molar-refractivity contribution is 5.36. The van der Waals surface area contributed by atoms with E-state index in [2.05, 4.69) is 5.43 Å². The molecule has 0 aromatic heterocycles. The lowest BCUT2D eigenvalue weighted by Gasteiger charge is -2.24. The monoisotopic (exact) mass is 333 g/mol. The van der Waals surface area contributed by atoms with Gasteiger partial charge in [0.05, 0.1) is 25.6 Å². The van der Waals surface area contributed by atoms with Crippen molar-refractivity contribution in [3.8, 4) is 0 Å². The zero-order valence-electron chi connectivity index (χ0n) is 12.6. The van der Waals surface area contributed by atoms with Crippen molar-refractivity contribution in [1.29, 1.82) is 0 Å². The van der Waals surface area contributed by atoms with Gasteiger partial charge in [-0.2, -0.15) is 13.2 Å². The maximum Gasteiger partial charge on any atom is 0.394 e. The molecule has 1 heterocycles. The van der Waals surface area contributed by atoms with Crippen molar-refractivity contribution in [2.75, 3.05) is 13.2 Å². The van der Waals surface area contributed by atoms with Crippen LogP contribution in [0.1, 0.15) is 30.5 Å². The van der Waals surface area contributed by atoms with Crippen molar-refractivity contribution in [2.45, 2.75) is 32.1 Å². The Morgan fingerprint density at radius 3 is 2.57 bits per heavy atom. The Morgan fingerprint density at radius 1 is 1.35 bits per heavy atom. The molecular formula is C15H19F4N3O. The van der Waals surface area contributed by atoms with Crippen LogP contribution in [0.5, 0.6) is 0 Å². The normalized spacial score (nSPS) is 18.9. The first kappa shape index (κ1) is 17.7. The molecular weight excluding hydrogens is 314 g/mol. The summed E-state index contributed by atoms with van der Waals surface area (Å²) >= 11 is 0. The molecule has 0 radical (unpaired) electrons. The number of allylic oxidation sites excluding steroid dienone is 1. The highest BCUT2D eigenvalue weighted by atomic mass is 19.4. The van der Waals surface area contributed by atoms with Crippen LogP contribution in [0.15, 0.2) is 29.5 Å². The second-order valence-electron chi connectivity index (χ2n) is 5.42. The second kappa shape index (κ2) is 6.86. The van der Waals surface area contributed by atoms with Gasteiger partial charge in [-0.15, -0.1) is 0 Å². The fourth-order valence-corrected chi connectivity index (χ4v) is 2.67. The van der Waals surface area contributed by atoms with Crippen LogP contribution in [0.3, 0.4) is 0 Å². The van der Waals surface area contributed by atoms with Gasteiger partial charge < -0.3 is 15.8 Å². The molecule has 0 saturated heterocycles. The minimum atomic E-state index is -4.39. The van der Waals surface area contributed by atoms with Gasteiger partial charge in [0.2, 0.25) is 0 Å². The number of hydrogen-bond acceptors (Lipinski definition) is 4. The molecule has 0 fully saturated rings. The molecule has 4 N–H and O–H groups in total. The number of benzene rings is 1. The van der Waals surface area contributed by atoms with Crippen molar-refractivity contribution in [3.05, 3.63) is 46.4 Å². The summed E-state index contributed by atoms with van der Waals surface area (Å²) < 4.78 is 52.5. The van der Waals surface area contributed by atoms with E-state index in [0.717, 1.165) is 0 Å².